The zero-order valence-corrected chi connectivity index (χ0v) is 9.79. The summed E-state index contributed by atoms with van der Waals surface area (Å²) in [6.45, 7) is 3.59. The van der Waals surface area contributed by atoms with Crippen molar-refractivity contribution in [3.63, 3.8) is 0 Å². The molecule has 1 rings (SSSR count). The Balaban J connectivity index is 2.71. The van der Waals surface area contributed by atoms with Crippen molar-refractivity contribution in [2.75, 3.05) is 6.61 Å². The zero-order valence-electron chi connectivity index (χ0n) is 9.79. The van der Waals surface area contributed by atoms with Crippen molar-refractivity contribution >= 4 is 5.97 Å². The molecule has 0 amide bonds. The predicted molar refractivity (Wildman–Crippen MR) is 58.4 cm³/mol. The van der Waals surface area contributed by atoms with Gasteiger partial charge in [0.05, 0.1) is 6.61 Å². The third-order valence-corrected chi connectivity index (χ3v) is 3.53. The molecule has 1 fully saturated rings. The van der Waals surface area contributed by atoms with E-state index in [-0.39, 0.29) is 24.1 Å². The van der Waals surface area contributed by atoms with Crippen LogP contribution in [-0.2, 0) is 9.53 Å². The van der Waals surface area contributed by atoms with E-state index in [9.17, 15) is 9.90 Å². The van der Waals surface area contributed by atoms with Gasteiger partial charge >= 0.3 is 5.97 Å². The highest BCUT2D eigenvalue weighted by Crippen LogP contribution is 2.41. The molecule has 1 saturated carbocycles. The fourth-order valence-electron chi connectivity index (χ4n) is 2.68. The maximum Gasteiger partial charge on any atom is 0.302 e. The van der Waals surface area contributed by atoms with E-state index in [4.69, 9.17) is 4.74 Å². The van der Waals surface area contributed by atoms with Gasteiger partial charge in [0.2, 0.25) is 0 Å². The maximum atomic E-state index is 11.0. The molecule has 0 aromatic heterocycles. The van der Waals surface area contributed by atoms with E-state index in [0.29, 0.717) is 0 Å². The first-order valence-corrected chi connectivity index (χ1v) is 5.92. The van der Waals surface area contributed by atoms with Crippen molar-refractivity contribution in [3.05, 3.63) is 0 Å². The minimum Gasteiger partial charge on any atom is -0.462 e. The third kappa shape index (κ3) is 2.94. The smallest absolute Gasteiger partial charge is 0.302 e. The van der Waals surface area contributed by atoms with E-state index in [1.54, 1.807) is 0 Å². The number of esters is 1. The summed E-state index contributed by atoms with van der Waals surface area (Å²) in [6, 6.07) is 0. The van der Waals surface area contributed by atoms with E-state index in [0.717, 1.165) is 32.1 Å². The fourth-order valence-corrected chi connectivity index (χ4v) is 2.68. The molecule has 0 bridgehead atoms. The van der Waals surface area contributed by atoms with Gasteiger partial charge in [0.25, 0.3) is 0 Å². The van der Waals surface area contributed by atoms with Crippen molar-refractivity contribution < 1.29 is 14.6 Å². The first kappa shape index (κ1) is 12.5. The molecule has 3 heteroatoms. The van der Waals surface area contributed by atoms with Crippen LogP contribution in [0.25, 0.3) is 0 Å². The van der Waals surface area contributed by atoms with Gasteiger partial charge in [0, 0.05) is 12.3 Å². The molecule has 1 atom stereocenters. The molecular weight excluding hydrogens is 192 g/mol. The van der Waals surface area contributed by atoms with Crippen LogP contribution in [0.1, 0.15) is 52.4 Å². The van der Waals surface area contributed by atoms with Gasteiger partial charge in [-0.1, -0.05) is 26.2 Å². The van der Waals surface area contributed by atoms with Gasteiger partial charge in [-0.3, -0.25) is 4.79 Å². The summed E-state index contributed by atoms with van der Waals surface area (Å²) in [5.74, 6) is -0.236. The topological polar surface area (TPSA) is 46.5 Å². The summed E-state index contributed by atoms with van der Waals surface area (Å²) in [4.78, 5) is 11.0. The van der Waals surface area contributed by atoms with Crippen LogP contribution in [0.15, 0.2) is 0 Å². The van der Waals surface area contributed by atoms with Gasteiger partial charge in [0.15, 0.2) is 0 Å². The van der Waals surface area contributed by atoms with Crippen molar-refractivity contribution in [3.8, 4) is 0 Å². The molecule has 88 valence electrons. The van der Waals surface area contributed by atoms with Gasteiger partial charge in [-0.2, -0.15) is 0 Å². The van der Waals surface area contributed by atoms with E-state index < -0.39 is 0 Å². The lowest BCUT2D eigenvalue weighted by Crippen LogP contribution is -2.42. The lowest BCUT2D eigenvalue weighted by atomic mass is 9.70. The van der Waals surface area contributed by atoms with Crippen LogP contribution < -0.4 is 0 Å². The molecule has 1 N–H and O–H groups in total. The van der Waals surface area contributed by atoms with E-state index in [1.807, 2.05) is 6.92 Å². The average Bonchev–Trinajstić information content (AvgIpc) is 2.26. The second-order valence-corrected chi connectivity index (χ2v) is 4.59. The van der Waals surface area contributed by atoms with Crippen LogP contribution in [0.4, 0.5) is 0 Å². The molecule has 0 aromatic rings. The SMILES string of the molecule is CCC(OC(C)=O)C1(CO)CCCCC1. The fraction of sp³-hybridized carbons (Fsp3) is 0.917. The Hall–Kier alpha value is -0.570. The lowest BCUT2D eigenvalue weighted by molar-refractivity contribution is -0.158. The number of hydrogen-bond donors (Lipinski definition) is 1. The number of ether oxygens (including phenoxy) is 1. The number of aliphatic hydroxyl groups excluding tert-OH is 1. The average molecular weight is 214 g/mol. The Morgan fingerprint density at radius 1 is 1.40 bits per heavy atom. The Kier molecular flexibility index (Phi) is 4.58. The standard InChI is InChI=1S/C12H22O3/c1-3-11(15-10(2)14)12(9-13)7-5-4-6-8-12/h11,13H,3-9H2,1-2H3. The number of carbonyl (C=O) groups is 1. The molecule has 0 heterocycles. The Morgan fingerprint density at radius 3 is 2.40 bits per heavy atom. The van der Waals surface area contributed by atoms with E-state index >= 15 is 0 Å². The number of aliphatic hydroxyl groups is 1. The van der Waals surface area contributed by atoms with Crippen molar-refractivity contribution in [2.45, 2.75) is 58.5 Å². The lowest BCUT2D eigenvalue weighted by Gasteiger charge is -2.41. The van der Waals surface area contributed by atoms with E-state index in [2.05, 4.69) is 0 Å². The highest BCUT2D eigenvalue weighted by molar-refractivity contribution is 5.66. The molecule has 0 spiro atoms. The summed E-state index contributed by atoms with van der Waals surface area (Å²) in [7, 11) is 0. The molecule has 0 aliphatic heterocycles. The van der Waals surface area contributed by atoms with Gasteiger partial charge in [-0.25, -0.2) is 0 Å². The van der Waals surface area contributed by atoms with Crippen LogP contribution in [0.5, 0.6) is 0 Å². The van der Waals surface area contributed by atoms with Crippen molar-refractivity contribution in [2.24, 2.45) is 5.41 Å². The molecule has 0 radical (unpaired) electrons. The van der Waals surface area contributed by atoms with Crippen molar-refractivity contribution in [1.82, 2.24) is 0 Å². The summed E-state index contributed by atoms with van der Waals surface area (Å²) >= 11 is 0. The number of carbonyl (C=O) groups excluding carboxylic acids is 1. The highest BCUT2D eigenvalue weighted by atomic mass is 16.5. The second kappa shape index (κ2) is 5.50. The molecule has 1 unspecified atom stereocenters. The second-order valence-electron chi connectivity index (χ2n) is 4.59. The zero-order chi connectivity index (χ0) is 11.3. The molecule has 15 heavy (non-hydrogen) atoms. The monoisotopic (exact) mass is 214 g/mol. The van der Waals surface area contributed by atoms with Crippen LogP contribution >= 0.6 is 0 Å². The van der Waals surface area contributed by atoms with Gasteiger partial charge in [0.1, 0.15) is 6.10 Å². The molecule has 1 aliphatic rings. The van der Waals surface area contributed by atoms with Crippen molar-refractivity contribution in [1.29, 1.82) is 0 Å². The van der Waals surface area contributed by atoms with Crippen LogP contribution in [0, 0.1) is 5.41 Å². The quantitative estimate of drug-likeness (QED) is 0.730. The van der Waals surface area contributed by atoms with Gasteiger partial charge in [-0.15, -0.1) is 0 Å². The highest BCUT2D eigenvalue weighted by Gasteiger charge is 2.40. The number of hydrogen-bond acceptors (Lipinski definition) is 3. The van der Waals surface area contributed by atoms with Crippen LogP contribution in [0.2, 0.25) is 0 Å². The Morgan fingerprint density at radius 2 is 2.00 bits per heavy atom. The molecule has 1 aliphatic carbocycles. The first-order chi connectivity index (χ1) is 7.14. The largest absolute Gasteiger partial charge is 0.462 e. The number of rotatable bonds is 4. The Bertz CT molecular complexity index is 207. The summed E-state index contributed by atoms with van der Waals surface area (Å²) in [5.41, 5.74) is -0.168. The van der Waals surface area contributed by atoms with Crippen LogP contribution in [-0.4, -0.2) is 23.8 Å². The van der Waals surface area contributed by atoms with E-state index in [1.165, 1.54) is 13.3 Å². The first-order valence-electron chi connectivity index (χ1n) is 5.92. The minimum atomic E-state index is -0.236. The normalized spacial score (nSPS) is 22.1. The summed E-state index contributed by atoms with van der Waals surface area (Å²) < 4.78 is 5.33. The molecule has 3 nitrogen and oxygen atoms in total. The van der Waals surface area contributed by atoms with Gasteiger partial charge < -0.3 is 9.84 Å². The van der Waals surface area contributed by atoms with Crippen LogP contribution in [0.3, 0.4) is 0 Å². The predicted octanol–water partition coefficient (Wildman–Crippen LogP) is 2.27. The molecule has 0 saturated heterocycles. The van der Waals surface area contributed by atoms with Gasteiger partial charge in [-0.05, 0) is 19.3 Å². The molecule has 0 aromatic carbocycles. The third-order valence-electron chi connectivity index (χ3n) is 3.53. The maximum absolute atomic E-state index is 11.0. The minimum absolute atomic E-state index is 0.111. The summed E-state index contributed by atoms with van der Waals surface area (Å²) in [5, 5.41) is 9.56. The Labute approximate surface area is 91.8 Å². The molecular formula is C12H22O3. The summed E-state index contributed by atoms with van der Waals surface area (Å²) in [6.07, 6.45) is 6.15.